The molecule has 0 radical (unpaired) electrons. The van der Waals surface area contributed by atoms with E-state index in [0.29, 0.717) is 6.54 Å². The molecule has 0 bridgehead atoms. The molecule has 0 spiro atoms. The highest BCUT2D eigenvalue weighted by Crippen LogP contribution is 2.29. The van der Waals surface area contributed by atoms with Gasteiger partial charge < -0.3 is 15.3 Å². The van der Waals surface area contributed by atoms with Crippen molar-refractivity contribution in [3.8, 4) is 0 Å². The van der Waals surface area contributed by atoms with Crippen molar-refractivity contribution < 1.29 is 9.90 Å². The summed E-state index contributed by atoms with van der Waals surface area (Å²) in [6.07, 6.45) is 2.81. The van der Waals surface area contributed by atoms with Crippen LogP contribution in [0.4, 0.5) is 0 Å². The van der Waals surface area contributed by atoms with Gasteiger partial charge in [-0.1, -0.05) is 0 Å². The Balaban J connectivity index is 1.68. The highest BCUT2D eigenvalue weighted by molar-refractivity contribution is 5.73. The maximum absolute atomic E-state index is 10.9. The topological polar surface area (TPSA) is 55.8 Å². The molecule has 2 N–H and O–H groups in total. The van der Waals surface area contributed by atoms with Crippen LogP contribution in [0, 0.1) is 5.92 Å². The Bertz CT molecular complexity index is 260. The Morgan fingerprint density at radius 2 is 1.88 bits per heavy atom. The van der Waals surface area contributed by atoms with Crippen molar-refractivity contribution in [1.29, 1.82) is 0 Å². The van der Waals surface area contributed by atoms with Crippen molar-refractivity contribution in [3.05, 3.63) is 0 Å². The first-order valence-electron chi connectivity index (χ1n) is 6.54. The zero-order chi connectivity index (χ0) is 12.3. The van der Waals surface area contributed by atoms with E-state index < -0.39 is 12.0 Å². The summed E-state index contributed by atoms with van der Waals surface area (Å²) in [6, 6.07) is -0.440. The molecule has 98 valence electrons. The number of hydrogen-bond donors (Lipinski definition) is 2. The first-order valence-corrected chi connectivity index (χ1v) is 6.54. The Morgan fingerprint density at radius 1 is 1.29 bits per heavy atom. The molecule has 2 fully saturated rings. The molecule has 2 rings (SSSR count). The van der Waals surface area contributed by atoms with Crippen LogP contribution >= 0.6 is 0 Å². The standard InChI is InChI=1S/C12H23N3O2/c1-13-11(12(16)17)9-15-6-4-14(5-7-15)8-10-2-3-10/h10-11,13H,2-9H2,1H3,(H,16,17). The fraction of sp³-hybridized carbons (Fsp3) is 0.917. The number of piperazine rings is 1. The maximum atomic E-state index is 10.9. The smallest absolute Gasteiger partial charge is 0.322 e. The zero-order valence-electron chi connectivity index (χ0n) is 10.6. The molecular weight excluding hydrogens is 218 g/mol. The van der Waals surface area contributed by atoms with E-state index in [1.54, 1.807) is 7.05 Å². The number of carbonyl (C=O) groups is 1. The van der Waals surface area contributed by atoms with E-state index in [1.165, 1.54) is 19.4 Å². The van der Waals surface area contributed by atoms with Crippen LogP contribution in [-0.2, 0) is 4.79 Å². The molecule has 1 saturated heterocycles. The van der Waals surface area contributed by atoms with E-state index in [4.69, 9.17) is 5.11 Å². The van der Waals surface area contributed by atoms with Gasteiger partial charge in [-0.2, -0.15) is 0 Å². The van der Waals surface area contributed by atoms with E-state index in [9.17, 15) is 4.79 Å². The Labute approximate surface area is 103 Å². The van der Waals surface area contributed by atoms with Gasteiger partial charge in [-0.05, 0) is 25.8 Å². The van der Waals surface area contributed by atoms with Crippen LogP contribution in [0.5, 0.6) is 0 Å². The highest BCUT2D eigenvalue weighted by atomic mass is 16.4. The molecule has 0 aromatic heterocycles. The maximum Gasteiger partial charge on any atom is 0.322 e. The molecule has 5 heteroatoms. The van der Waals surface area contributed by atoms with Gasteiger partial charge in [-0.3, -0.25) is 9.69 Å². The molecule has 1 aliphatic heterocycles. The summed E-state index contributed by atoms with van der Waals surface area (Å²) in [4.78, 5) is 15.7. The van der Waals surface area contributed by atoms with Crippen molar-refractivity contribution in [2.45, 2.75) is 18.9 Å². The van der Waals surface area contributed by atoms with Crippen LogP contribution in [0.15, 0.2) is 0 Å². The SMILES string of the molecule is CNC(CN1CCN(CC2CC2)CC1)C(=O)O. The second kappa shape index (κ2) is 5.80. The lowest BCUT2D eigenvalue weighted by molar-refractivity contribution is -0.140. The zero-order valence-corrected chi connectivity index (χ0v) is 10.6. The third kappa shape index (κ3) is 3.94. The van der Waals surface area contributed by atoms with Gasteiger partial charge in [-0.15, -0.1) is 0 Å². The van der Waals surface area contributed by atoms with Crippen molar-refractivity contribution >= 4 is 5.97 Å². The van der Waals surface area contributed by atoms with Crippen molar-refractivity contribution in [1.82, 2.24) is 15.1 Å². The number of carboxylic acids is 1. The molecule has 5 nitrogen and oxygen atoms in total. The fourth-order valence-corrected chi connectivity index (χ4v) is 2.37. The van der Waals surface area contributed by atoms with Crippen molar-refractivity contribution in [2.75, 3.05) is 46.3 Å². The quantitative estimate of drug-likeness (QED) is 0.668. The van der Waals surface area contributed by atoms with Crippen LogP contribution in [-0.4, -0.2) is 73.2 Å². The average Bonchev–Trinajstić information content (AvgIpc) is 3.11. The second-order valence-corrected chi connectivity index (χ2v) is 5.22. The number of nitrogens with zero attached hydrogens (tertiary/aromatic N) is 2. The first kappa shape index (κ1) is 12.8. The summed E-state index contributed by atoms with van der Waals surface area (Å²) in [5, 5.41) is 11.8. The van der Waals surface area contributed by atoms with Gasteiger partial charge in [0, 0.05) is 39.3 Å². The number of aliphatic carboxylic acids is 1. The molecule has 1 atom stereocenters. The van der Waals surface area contributed by atoms with Gasteiger partial charge in [0.05, 0.1) is 0 Å². The lowest BCUT2D eigenvalue weighted by Crippen LogP contribution is -2.52. The molecule has 1 saturated carbocycles. The summed E-state index contributed by atoms with van der Waals surface area (Å²) in [5.74, 6) is 0.193. The highest BCUT2D eigenvalue weighted by Gasteiger charge is 2.27. The number of likely N-dealkylation sites (N-methyl/N-ethyl adjacent to an activating group) is 1. The normalized spacial score (nSPS) is 24.8. The van der Waals surface area contributed by atoms with Crippen LogP contribution in [0.2, 0.25) is 0 Å². The average molecular weight is 241 g/mol. The fourth-order valence-electron chi connectivity index (χ4n) is 2.37. The van der Waals surface area contributed by atoms with Crippen LogP contribution in [0.1, 0.15) is 12.8 Å². The molecule has 1 aliphatic carbocycles. The molecule has 2 aliphatic rings. The van der Waals surface area contributed by atoms with E-state index >= 15 is 0 Å². The van der Waals surface area contributed by atoms with E-state index in [0.717, 1.165) is 32.1 Å². The van der Waals surface area contributed by atoms with Gasteiger partial charge in [0.1, 0.15) is 6.04 Å². The minimum atomic E-state index is -0.757. The number of rotatable bonds is 6. The number of carboxylic acid groups (broad SMARTS) is 1. The first-order chi connectivity index (χ1) is 8.19. The molecule has 1 heterocycles. The Morgan fingerprint density at radius 3 is 2.35 bits per heavy atom. The lowest BCUT2D eigenvalue weighted by atomic mass is 10.2. The van der Waals surface area contributed by atoms with E-state index in [-0.39, 0.29) is 0 Å². The monoisotopic (exact) mass is 241 g/mol. The molecule has 17 heavy (non-hydrogen) atoms. The molecule has 0 aromatic rings. The van der Waals surface area contributed by atoms with E-state index in [1.807, 2.05) is 0 Å². The number of hydrogen-bond acceptors (Lipinski definition) is 4. The molecule has 0 amide bonds. The minimum absolute atomic E-state index is 0.440. The predicted octanol–water partition coefficient (Wildman–Crippen LogP) is -0.313. The van der Waals surface area contributed by atoms with Crippen LogP contribution in [0.25, 0.3) is 0 Å². The largest absolute Gasteiger partial charge is 0.480 e. The van der Waals surface area contributed by atoms with Crippen molar-refractivity contribution in [2.24, 2.45) is 5.92 Å². The third-order valence-corrected chi connectivity index (χ3v) is 3.77. The molecular formula is C12H23N3O2. The van der Waals surface area contributed by atoms with Crippen LogP contribution in [0.3, 0.4) is 0 Å². The van der Waals surface area contributed by atoms with E-state index in [2.05, 4.69) is 15.1 Å². The van der Waals surface area contributed by atoms with Gasteiger partial charge in [0.25, 0.3) is 0 Å². The summed E-state index contributed by atoms with van der Waals surface area (Å²) in [6.45, 7) is 6.04. The third-order valence-electron chi connectivity index (χ3n) is 3.77. The molecule has 1 unspecified atom stereocenters. The van der Waals surface area contributed by atoms with Gasteiger partial charge in [0.15, 0.2) is 0 Å². The predicted molar refractivity (Wildman–Crippen MR) is 66.1 cm³/mol. The van der Waals surface area contributed by atoms with Crippen molar-refractivity contribution in [3.63, 3.8) is 0 Å². The minimum Gasteiger partial charge on any atom is -0.480 e. The summed E-state index contributed by atoms with van der Waals surface area (Å²) in [5.41, 5.74) is 0. The van der Waals surface area contributed by atoms with Crippen LogP contribution < -0.4 is 5.32 Å². The van der Waals surface area contributed by atoms with Gasteiger partial charge in [-0.25, -0.2) is 0 Å². The number of nitrogens with one attached hydrogen (secondary N) is 1. The van der Waals surface area contributed by atoms with Gasteiger partial charge in [0.2, 0.25) is 0 Å². The Hall–Kier alpha value is -0.650. The van der Waals surface area contributed by atoms with Gasteiger partial charge >= 0.3 is 5.97 Å². The second-order valence-electron chi connectivity index (χ2n) is 5.22. The summed E-state index contributed by atoms with van der Waals surface area (Å²) in [7, 11) is 1.71. The molecule has 0 aromatic carbocycles. The Kier molecular flexibility index (Phi) is 4.36. The summed E-state index contributed by atoms with van der Waals surface area (Å²) >= 11 is 0. The lowest BCUT2D eigenvalue weighted by Gasteiger charge is -2.35. The summed E-state index contributed by atoms with van der Waals surface area (Å²) < 4.78 is 0.